The summed E-state index contributed by atoms with van der Waals surface area (Å²) in [6.45, 7) is 4.38. The first-order valence-electron chi connectivity index (χ1n) is 1.91. The third-order valence-corrected chi connectivity index (χ3v) is 0. The van der Waals surface area contributed by atoms with Gasteiger partial charge in [-0.2, -0.15) is 6.92 Å². The van der Waals surface area contributed by atoms with E-state index in [1.165, 1.54) is 27.1 Å². The SMILES string of the molecule is CC(C)=O.C[C-]=O.[Cr]. The van der Waals surface area contributed by atoms with Crippen molar-refractivity contribution < 1.29 is 27.0 Å². The molecule has 0 atom stereocenters. The minimum Gasteiger partial charge on any atom is -0.542 e. The number of rotatable bonds is 0. The van der Waals surface area contributed by atoms with Gasteiger partial charge in [0.2, 0.25) is 0 Å². The van der Waals surface area contributed by atoms with Crippen molar-refractivity contribution in [3.8, 4) is 0 Å². The van der Waals surface area contributed by atoms with Gasteiger partial charge in [-0.25, -0.2) is 0 Å². The zero-order chi connectivity index (χ0) is 6.28. The van der Waals surface area contributed by atoms with Crippen LogP contribution in [0.5, 0.6) is 0 Å². The van der Waals surface area contributed by atoms with Crippen LogP contribution in [0.15, 0.2) is 0 Å². The van der Waals surface area contributed by atoms with E-state index in [2.05, 4.69) is 0 Å². The van der Waals surface area contributed by atoms with Crippen LogP contribution in [-0.2, 0) is 27.0 Å². The van der Waals surface area contributed by atoms with Gasteiger partial charge in [-0.1, -0.05) is 0 Å². The summed E-state index contributed by atoms with van der Waals surface area (Å²) in [6.07, 6.45) is 1.50. The summed E-state index contributed by atoms with van der Waals surface area (Å²) in [5.74, 6) is 0.167. The summed E-state index contributed by atoms with van der Waals surface area (Å²) in [6, 6.07) is 0. The van der Waals surface area contributed by atoms with Gasteiger partial charge in [0.25, 0.3) is 0 Å². The molecule has 0 fully saturated rings. The maximum absolute atomic E-state index is 9.44. The summed E-state index contributed by atoms with van der Waals surface area (Å²) in [7, 11) is 0. The van der Waals surface area contributed by atoms with Gasteiger partial charge >= 0.3 is 0 Å². The van der Waals surface area contributed by atoms with Crippen molar-refractivity contribution in [3.05, 3.63) is 0 Å². The number of hydrogen-bond donors (Lipinski definition) is 0. The van der Waals surface area contributed by atoms with E-state index in [0.717, 1.165) is 0 Å². The maximum Gasteiger partial charge on any atom is 0.126 e. The number of hydrogen-bond acceptors (Lipinski definition) is 2. The molecule has 0 aliphatic rings. The second-order valence-electron chi connectivity index (χ2n) is 1.11. The molecule has 48 valence electrons. The van der Waals surface area contributed by atoms with E-state index >= 15 is 0 Å². The Hall–Kier alpha value is -0.128. The number of carbonyl (C=O) groups excluding carboxylic acids is 2. The molecule has 0 saturated carbocycles. The normalized spacial score (nSPS) is 4.88. The fraction of sp³-hybridized carbons (Fsp3) is 0.600. The molecule has 0 unspecified atom stereocenters. The standard InChI is InChI=1S/C3H6O.C2H3O.Cr/c1-3(2)4;1-2-3;/h1-2H3;1H3;/q;-1;. The second-order valence-corrected chi connectivity index (χ2v) is 1.11. The van der Waals surface area contributed by atoms with Crippen molar-refractivity contribution >= 4 is 12.1 Å². The number of Topliss-reactive ketones (excluding diaryl/α,β-unsaturated/α-hetero) is 1. The van der Waals surface area contributed by atoms with E-state index in [1.807, 2.05) is 0 Å². The molecule has 0 aliphatic heterocycles. The van der Waals surface area contributed by atoms with Gasteiger partial charge in [0.1, 0.15) is 5.78 Å². The summed E-state index contributed by atoms with van der Waals surface area (Å²) in [4.78, 5) is 18.1. The first-order valence-corrected chi connectivity index (χ1v) is 1.91. The van der Waals surface area contributed by atoms with E-state index in [4.69, 9.17) is 4.79 Å². The first kappa shape index (κ1) is 15.7. The molecule has 0 amide bonds. The van der Waals surface area contributed by atoms with Crippen molar-refractivity contribution in [2.75, 3.05) is 0 Å². The zero-order valence-corrected chi connectivity index (χ0v) is 6.50. The predicted octanol–water partition coefficient (Wildman–Crippen LogP) is 0.709. The Labute approximate surface area is 60.4 Å². The van der Waals surface area contributed by atoms with Crippen LogP contribution in [0.1, 0.15) is 20.8 Å². The molecule has 2 nitrogen and oxygen atoms in total. The fourth-order valence-electron chi connectivity index (χ4n) is 0. The average Bonchev–Trinajstić information content (AvgIpc) is 1.33. The topological polar surface area (TPSA) is 34.1 Å². The largest absolute Gasteiger partial charge is 0.542 e. The summed E-state index contributed by atoms with van der Waals surface area (Å²) < 4.78 is 0. The molecule has 0 aromatic rings. The Morgan fingerprint density at radius 3 is 1.38 bits per heavy atom. The predicted molar refractivity (Wildman–Crippen MR) is 27.7 cm³/mol. The first-order chi connectivity index (χ1) is 3.15. The van der Waals surface area contributed by atoms with Crippen LogP contribution in [-0.4, -0.2) is 12.1 Å². The van der Waals surface area contributed by atoms with Crippen LogP contribution >= 0.6 is 0 Å². The summed E-state index contributed by atoms with van der Waals surface area (Å²) in [5.41, 5.74) is 0. The Morgan fingerprint density at radius 2 is 1.38 bits per heavy atom. The maximum atomic E-state index is 9.44. The zero-order valence-electron chi connectivity index (χ0n) is 5.22. The Bertz CT molecular complexity index is 57.4. The van der Waals surface area contributed by atoms with Gasteiger partial charge in [0.05, 0.1) is 0 Å². The van der Waals surface area contributed by atoms with E-state index < -0.39 is 0 Å². The smallest absolute Gasteiger partial charge is 0.126 e. The van der Waals surface area contributed by atoms with Gasteiger partial charge in [0.15, 0.2) is 0 Å². The van der Waals surface area contributed by atoms with Crippen LogP contribution < -0.4 is 0 Å². The molecule has 0 aromatic heterocycles. The molecule has 0 rings (SSSR count). The summed E-state index contributed by atoms with van der Waals surface area (Å²) >= 11 is 0. The molecule has 0 N–H and O–H groups in total. The van der Waals surface area contributed by atoms with Crippen molar-refractivity contribution in [1.29, 1.82) is 0 Å². The molecule has 0 bridgehead atoms. The molecule has 3 heteroatoms. The van der Waals surface area contributed by atoms with Crippen LogP contribution in [0.3, 0.4) is 0 Å². The minimum absolute atomic E-state index is 0. The Balaban J connectivity index is -0.0000000575. The molecule has 0 saturated heterocycles. The van der Waals surface area contributed by atoms with Crippen LogP contribution in [0, 0.1) is 0 Å². The second kappa shape index (κ2) is 15.8. The Kier molecular flexibility index (Phi) is 30.9. The fourth-order valence-corrected chi connectivity index (χ4v) is 0. The molecule has 0 aliphatic carbocycles. The van der Waals surface area contributed by atoms with Crippen molar-refractivity contribution in [2.24, 2.45) is 0 Å². The molecule has 0 aromatic carbocycles. The summed E-state index contributed by atoms with van der Waals surface area (Å²) in [5, 5.41) is 0. The average molecular weight is 153 g/mol. The van der Waals surface area contributed by atoms with E-state index in [9.17, 15) is 4.79 Å². The van der Waals surface area contributed by atoms with E-state index in [1.54, 1.807) is 0 Å². The van der Waals surface area contributed by atoms with Gasteiger partial charge in [0, 0.05) is 17.4 Å². The Morgan fingerprint density at radius 1 is 1.38 bits per heavy atom. The monoisotopic (exact) mass is 153 g/mol. The van der Waals surface area contributed by atoms with Crippen LogP contribution in [0.25, 0.3) is 0 Å². The third kappa shape index (κ3) is 8570. The number of ketones is 1. The molecule has 0 spiro atoms. The van der Waals surface area contributed by atoms with Crippen molar-refractivity contribution in [1.82, 2.24) is 0 Å². The van der Waals surface area contributed by atoms with Gasteiger partial charge < -0.3 is 9.59 Å². The van der Waals surface area contributed by atoms with Gasteiger partial charge in [-0.05, 0) is 13.8 Å². The van der Waals surface area contributed by atoms with Gasteiger partial charge in [-0.3, -0.25) is 6.29 Å². The number of carbonyl (C=O) groups is 1. The molecule has 8 heavy (non-hydrogen) atoms. The van der Waals surface area contributed by atoms with Crippen LogP contribution in [0.2, 0.25) is 0 Å². The van der Waals surface area contributed by atoms with Crippen molar-refractivity contribution in [3.63, 3.8) is 0 Å². The van der Waals surface area contributed by atoms with Crippen LogP contribution in [0.4, 0.5) is 0 Å². The van der Waals surface area contributed by atoms with Gasteiger partial charge in [-0.15, -0.1) is 0 Å². The third-order valence-electron chi connectivity index (χ3n) is 0. The van der Waals surface area contributed by atoms with E-state index in [-0.39, 0.29) is 23.1 Å². The van der Waals surface area contributed by atoms with Crippen molar-refractivity contribution in [2.45, 2.75) is 20.8 Å². The molecular formula is C5H9CrO2-. The van der Waals surface area contributed by atoms with E-state index in [0.29, 0.717) is 0 Å². The quantitative estimate of drug-likeness (QED) is 0.480. The molecular weight excluding hydrogens is 144 g/mol. The molecule has 0 radical (unpaired) electrons. The minimum atomic E-state index is 0. The molecule has 0 heterocycles.